The van der Waals surface area contributed by atoms with Crippen molar-refractivity contribution in [2.75, 3.05) is 52.4 Å². The topological polar surface area (TPSA) is 76.4 Å². The Hall–Kier alpha value is -3.50. The molecule has 37 heavy (non-hydrogen) atoms. The van der Waals surface area contributed by atoms with Crippen LogP contribution < -0.4 is 10.1 Å². The summed E-state index contributed by atoms with van der Waals surface area (Å²) in [6.07, 6.45) is 2.60. The number of fused-ring (bicyclic) bond motifs is 1. The molecule has 1 saturated heterocycles. The van der Waals surface area contributed by atoms with Crippen LogP contribution >= 0.6 is 0 Å². The Morgan fingerprint density at radius 3 is 2.62 bits per heavy atom. The maximum atomic E-state index is 5.92. The van der Waals surface area contributed by atoms with E-state index in [1.807, 2.05) is 66.2 Å². The number of aromatic nitrogens is 3. The van der Waals surface area contributed by atoms with E-state index in [2.05, 4.69) is 27.3 Å². The lowest BCUT2D eigenvalue weighted by molar-refractivity contribution is -0.172. The maximum absolute atomic E-state index is 5.92. The van der Waals surface area contributed by atoms with Gasteiger partial charge in [0, 0.05) is 24.8 Å². The zero-order valence-electron chi connectivity index (χ0n) is 21.5. The first-order valence-electron chi connectivity index (χ1n) is 12.7. The number of benzene rings is 2. The van der Waals surface area contributed by atoms with Crippen molar-refractivity contribution < 1.29 is 14.3 Å². The highest BCUT2D eigenvalue weighted by molar-refractivity contribution is 5.65. The number of rotatable bonds is 12. The van der Waals surface area contributed by atoms with E-state index < -0.39 is 0 Å². The summed E-state index contributed by atoms with van der Waals surface area (Å²) in [5, 5.41) is 9.67. The highest BCUT2D eigenvalue weighted by Crippen LogP contribution is 2.24. The van der Waals surface area contributed by atoms with Crippen LogP contribution in [0.5, 0.6) is 5.75 Å². The Morgan fingerprint density at radius 2 is 1.81 bits per heavy atom. The minimum absolute atomic E-state index is 0.389. The summed E-state index contributed by atoms with van der Waals surface area (Å²) in [6.45, 7) is 4.94. The number of anilines is 2. The molecule has 1 fully saturated rings. The van der Waals surface area contributed by atoms with Crippen molar-refractivity contribution in [3.05, 3.63) is 72.3 Å². The highest BCUT2D eigenvalue weighted by atomic mass is 16.7. The molecule has 9 heteroatoms. The third-order valence-corrected chi connectivity index (χ3v) is 6.42. The zero-order valence-corrected chi connectivity index (χ0v) is 21.5. The van der Waals surface area contributed by atoms with Gasteiger partial charge in [-0.2, -0.15) is 10.0 Å². The predicted molar refractivity (Wildman–Crippen MR) is 144 cm³/mol. The van der Waals surface area contributed by atoms with Gasteiger partial charge in [-0.1, -0.05) is 24.3 Å². The summed E-state index contributed by atoms with van der Waals surface area (Å²) in [5.41, 5.74) is 4.74. The van der Waals surface area contributed by atoms with Crippen molar-refractivity contribution in [3.63, 3.8) is 0 Å². The average Bonchev–Trinajstić information content (AvgIpc) is 3.59. The Bertz CT molecular complexity index is 1290. The molecule has 9 nitrogen and oxygen atoms in total. The van der Waals surface area contributed by atoms with Gasteiger partial charge in [-0.3, -0.25) is 4.90 Å². The second-order valence-corrected chi connectivity index (χ2v) is 9.15. The average molecular weight is 503 g/mol. The SMILES string of the molecule is CON(C)COCc1cccc(-c2cccc3nc(Nc4ccc(OCCN5CCCC5)cc4)nn23)c1. The highest BCUT2D eigenvalue weighted by Gasteiger charge is 2.12. The van der Waals surface area contributed by atoms with E-state index in [0.29, 0.717) is 25.9 Å². The molecule has 0 aliphatic carbocycles. The van der Waals surface area contributed by atoms with Crippen LogP contribution in [0.2, 0.25) is 0 Å². The minimum Gasteiger partial charge on any atom is -0.492 e. The third kappa shape index (κ3) is 6.64. The number of hydrogen-bond donors (Lipinski definition) is 1. The van der Waals surface area contributed by atoms with Crippen LogP contribution in [-0.4, -0.2) is 71.7 Å². The summed E-state index contributed by atoms with van der Waals surface area (Å²) in [6, 6.07) is 22.2. The van der Waals surface area contributed by atoms with Crippen LogP contribution in [0.4, 0.5) is 11.6 Å². The molecule has 1 N–H and O–H groups in total. The van der Waals surface area contributed by atoms with Gasteiger partial charge in [0.25, 0.3) is 0 Å². The smallest absolute Gasteiger partial charge is 0.247 e. The van der Waals surface area contributed by atoms with Crippen molar-refractivity contribution in [1.82, 2.24) is 24.6 Å². The van der Waals surface area contributed by atoms with Crippen molar-refractivity contribution in [2.24, 2.45) is 0 Å². The van der Waals surface area contributed by atoms with Crippen molar-refractivity contribution >= 4 is 17.3 Å². The predicted octanol–water partition coefficient (Wildman–Crippen LogP) is 4.58. The molecule has 0 atom stereocenters. The summed E-state index contributed by atoms with van der Waals surface area (Å²) in [4.78, 5) is 12.2. The van der Waals surface area contributed by atoms with Gasteiger partial charge >= 0.3 is 0 Å². The lowest BCUT2D eigenvalue weighted by Crippen LogP contribution is -2.25. The maximum Gasteiger partial charge on any atom is 0.247 e. The minimum atomic E-state index is 0.389. The molecule has 4 aromatic rings. The largest absolute Gasteiger partial charge is 0.492 e. The number of nitrogens with one attached hydrogen (secondary N) is 1. The summed E-state index contributed by atoms with van der Waals surface area (Å²) in [5.74, 6) is 1.41. The Morgan fingerprint density at radius 1 is 1.00 bits per heavy atom. The molecule has 2 aromatic carbocycles. The molecule has 194 valence electrons. The molecule has 0 unspecified atom stereocenters. The van der Waals surface area contributed by atoms with Crippen LogP contribution in [0, 0.1) is 0 Å². The van der Waals surface area contributed by atoms with Gasteiger partial charge in [0.05, 0.1) is 19.4 Å². The van der Waals surface area contributed by atoms with Gasteiger partial charge in [-0.25, -0.2) is 4.52 Å². The fraction of sp³-hybridized carbons (Fsp3) is 0.357. The normalized spacial score (nSPS) is 14.0. The quantitative estimate of drug-likeness (QED) is 0.223. The molecule has 2 aromatic heterocycles. The molecule has 0 radical (unpaired) electrons. The van der Waals surface area contributed by atoms with Crippen LogP contribution in [-0.2, 0) is 16.2 Å². The van der Waals surface area contributed by atoms with Crippen LogP contribution in [0.3, 0.4) is 0 Å². The lowest BCUT2D eigenvalue weighted by atomic mass is 10.1. The standard InChI is InChI=1S/C28H34N6O3/c1-32(35-2)21-36-20-22-7-5-8-23(19-22)26-9-6-10-27-30-28(31-34(26)27)29-24-11-13-25(14-12-24)37-18-17-33-15-3-4-16-33/h5-14,19H,3-4,15-18,20-21H2,1-2H3,(H,29,31). The number of likely N-dealkylation sites (tertiary alicyclic amines) is 1. The fourth-order valence-corrected chi connectivity index (χ4v) is 4.40. The summed E-state index contributed by atoms with van der Waals surface area (Å²) < 4.78 is 13.5. The number of hydrogen-bond acceptors (Lipinski definition) is 8. The van der Waals surface area contributed by atoms with Gasteiger partial charge in [-0.05, 0) is 74.0 Å². The van der Waals surface area contributed by atoms with Gasteiger partial charge < -0.3 is 19.6 Å². The molecule has 0 spiro atoms. The molecule has 0 saturated carbocycles. The number of nitrogens with zero attached hydrogens (tertiary/aromatic N) is 5. The van der Waals surface area contributed by atoms with Crippen LogP contribution in [0.15, 0.2) is 66.7 Å². The Labute approximate surface area is 217 Å². The van der Waals surface area contributed by atoms with Crippen molar-refractivity contribution in [3.8, 4) is 17.0 Å². The van der Waals surface area contributed by atoms with E-state index in [1.54, 1.807) is 12.2 Å². The first kappa shape index (κ1) is 25.2. The van der Waals surface area contributed by atoms with Crippen LogP contribution in [0.1, 0.15) is 18.4 Å². The second-order valence-electron chi connectivity index (χ2n) is 9.15. The van der Waals surface area contributed by atoms with Crippen molar-refractivity contribution in [1.29, 1.82) is 0 Å². The van der Waals surface area contributed by atoms with Gasteiger partial charge in [0.2, 0.25) is 5.95 Å². The first-order chi connectivity index (χ1) is 18.2. The summed E-state index contributed by atoms with van der Waals surface area (Å²) >= 11 is 0. The van der Waals surface area contributed by atoms with Gasteiger partial charge in [-0.15, -0.1) is 5.10 Å². The van der Waals surface area contributed by atoms with E-state index in [1.165, 1.54) is 25.9 Å². The molecule has 0 amide bonds. The Kier molecular flexibility index (Phi) is 8.27. The molecule has 5 rings (SSSR count). The molecule has 0 bridgehead atoms. The first-order valence-corrected chi connectivity index (χ1v) is 12.7. The molecule has 1 aliphatic heterocycles. The van der Waals surface area contributed by atoms with E-state index in [0.717, 1.165) is 40.4 Å². The summed E-state index contributed by atoms with van der Waals surface area (Å²) in [7, 11) is 3.44. The number of hydroxylamine groups is 2. The lowest BCUT2D eigenvalue weighted by Gasteiger charge is -2.15. The van der Waals surface area contributed by atoms with Crippen molar-refractivity contribution in [2.45, 2.75) is 19.4 Å². The van der Waals surface area contributed by atoms with E-state index in [9.17, 15) is 0 Å². The fourth-order valence-electron chi connectivity index (χ4n) is 4.40. The second kappa shape index (κ2) is 12.2. The van der Waals surface area contributed by atoms with E-state index in [-0.39, 0.29) is 0 Å². The third-order valence-electron chi connectivity index (χ3n) is 6.42. The van der Waals surface area contributed by atoms with Gasteiger partial charge in [0.1, 0.15) is 19.1 Å². The molecule has 3 heterocycles. The van der Waals surface area contributed by atoms with Crippen LogP contribution in [0.25, 0.3) is 16.9 Å². The van der Waals surface area contributed by atoms with E-state index in [4.69, 9.17) is 19.4 Å². The number of ether oxygens (including phenoxy) is 2. The number of pyridine rings is 1. The van der Waals surface area contributed by atoms with Gasteiger partial charge in [0.15, 0.2) is 5.65 Å². The molecular formula is C28H34N6O3. The molecular weight excluding hydrogens is 468 g/mol. The van der Waals surface area contributed by atoms with E-state index >= 15 is 0 Å². The monoisotopic (exact) mass is 502 g/mol. The Balaban J connectivity index is 1.24. The molecule has 1 aliphatic rings. The zero-order chi connectivity index (χ0) is 25.5.